The molecule has 0 N–H and O–H groups in total. The highest BCUT2D eigenvalue weighted by atomic mass is 16.5. The van der Waals surface area contributed by atoms with E-state index in [9.17, 15) is 9.59 Å². The molecule has 2 aliphatic rings. The first-order valence-electron chi connectivity index (χ1n) is 7.00. The van der Waals surface area contributed by atoms with E-state index in [1.165, 1.54) is 0 Å². The van der Waals surface area contributed by atoms with Gasteiger partial charge >= 0.3 is 5.97 Å². The Labute approximate surface area is 108 Å². The molecular weight excluding hydrogens is 232 g/mol. The van der Waals surface area contributed by atoms with Crippen LogP contribution in [-0.2, 0) is 19.1 Å². The minimum Gasteiger partial charge on any atom is -0.465 e. The van der Waals surface area contributed by atoms with Gasteiger partial charge in [-0.25, -0.2) is 0 Å². The fourth-order valence-electron chi connectivity index (χ4n) is 3.32. The second-order valence-electron chi connectivity index (χ2n) is 5.21. The Balaban J connectivity index is 2.25. The maximum absolute atomic E-state index is 12.4. The van der Waals surface area contributed by atoms with Gasteiger partial charge in [0.2, 0.25) is 0 Å². The molecule has 1 saturated heterocycles. The van der Waals surface area contributed by atoms with E-state index in [1.54, 1.807) is 6.92 Å². The van der Waals surface area contributed by atoms with Crippen LogP contribution in [0.3, 0.4) is 0 Å². The highest BCUT2D eigenvalue weighted by Gasteiger charge is 2.53. The standard InChI is InChI=1S/C14H22O4/c1-2-18-13(16)14(8-4-3-5-12(14)15)11-6-9-17-10-7-11/h11H,2-10H2,1H3. The minimum atomic E-state index is -0.863. The van der Waals surface area contributed by atoms with Crippen molar-refractivity contribution in [2.24, 2.45) is 11.3 Å². The molecule has 0 aromatic rings. The third-order valence-corrected chi connectivity index (χ3v) is 4.28. The molecule has 0 bridgehead atoms. The van der Waals surface area contributed by atoms with Gasteiger partial charge < -0.3 is 9.47 Å². The van der Waals surface area contributed by atoms with Crippen LogP contribution in [0.1, 0.15) is 45.4 Å². The smallest absolute Gasteiger partial charge is 0.319 e. The molecule has 1 heterocycles. The van der Waals surface area contributed by atoms with Gasteiger partial charge in [0.1, 0.15) is 11.2 Å². The number of carbonyl (C=O) groups is 2. The molecule has 1 aliphatic carbocycles. The van der Waals surface area contributed by atoms with E-state index in [2.05, 4.69) is 0 Å². The van der Waals surface area contributed by atoms with Crippen molar-refractivity contribution in [2.75, 3.05) is 19.8 Å². The van der Waals surface area contributed by atoms with Crippen molar-refractivity contribution in [1.82, 2.24) is 0 Å². The maximum atomic E-state index is 12.4. The van der Waals surface area contributed by atoms with E-state index in [0.29, 0.717) is 32.7 Å². The van der Waals surface area contributed by atoms with E-state index < -0.39 is 5.41 Å². The first-order valence-corrected chi connectivity index (χ1v) is 7.00. The summed E-state index contributed by atoms with van der Waals surface area (Å²) in [6.45, 7) is 3.44. The molecule has 18 heavy (non-hydrogen) atoms. The topological polar surface area (TPSA) is 52.6 Å². The van der Waals surface area contributed by atoms with Crippen molar-refractivity contribution in [3.63, 3.8) is 0 Å². The normalized spacial score (nSPS) is 30.2. The number of hydrogen-bond acceptors (Lipinski definition) is 4. The van der Waals surface area contributed by atoms with Crippen LogP contribution in [0, 0.1) is 11.3 Å². The third-order valence-electron chi connectivity index (χ3n) is 4.28. The molecule has 1 saturated carbocycles. The lowest BCUT2D eigenvalue weighted by Gasteiger charge is -2.41. The lowest BCUT2D eigenvalue weighted by molar-refractivity contribution is -0.169. The Morgan fingerprint density at radius 2 is 2.11 bits per heavy atom. The average molecular weight is 254 g/mol. The van der Waals surface area contributed by atoms with Crippen LogP contribution in [0.15, 0.2) is 0 Å². The summed E-state index contributed by atoms with van der Waals surface area (Å²) in [5.74, 6) is -0.0844. The Hall–Kier alpha value is -0.900. The number of hydrogen-bond donors (Lipinski definition) is 0. The largest absolute Gasteiger partial charge is 0.465 e. The monoisotopic (exact) mass is 254 g/mol. The quantitative estimate of drug-likeness (QED) is 0.571. The van der Waals surface area contributed by atoms with E-state index in [1.807, 2.05) is 0 Å². The summed E-state index contributed by atoms with van der Waals surface area (Å²) in [7, 11) is 0. The van der Waals surface area contributed by atoms with Crippen LogP contribution in [0.2, 0.25) is 0 Å². The summed E-state index contributed by atoms with van der Waals surface area (Å²) in [5.41, 5.74) is -0.863. The minimum absolute atomic E-state index is 0.0964. The lowest BCUT2D eigenvalue weighted by atomic mass is 9.62. The first kappa shape index (κ1) is 13.5. The fourth-order valence-corrected chi connectivity index (χ4v) is 3.32. The van der Waals surface area contributed by atoms with Gasteiger partial charge in [0.25, 0.3) is 0 Å². The van der Waals surface area contributed by atoms with E-state index in [0.717, 1.165) is 25.7 Å². The molecule has 0 spiro atoms. The van der Waals surface area contributed by atoms with Crippen LogP contribution >= 0.6 is 0 Å². The van der Waals surface area contributed by atoms with E-state index in [4.69, 9.17) is 9.47 Å². The van der Waals surface area contributed by atoms with Crippen molar-refractivity contribution in [3.05, 3.63) is 0 Å². The summed E-state index contributed by atoms with van der Waals surface area (Å²) < 4.78 is 10.6. The van der Waals surface area contributed by atoms with E-state index in [-0.39, 0.29) is 17.7 Å². The molecule has 0 aromatic carbocycles. The second kappa shape index (κ2) is 5.83. The molecule has 0 aromatic heterocycles. The Morgan fingerprint density at radius 3 is 2.72 bits per heavy atom. The molecular formula is C14H22O4. The lowest BCUT2D eigenvalue weighted by Crippen LogP contribution is -2.50. The maximum Gasteiger partial charge on any atom is 0.319 e. The first-order chi connectivity index (χ1) is 8.71. The van der Waals surface area contributed by atoms with Crippen molar-refractivity contribution >= 4 is 11.8 Å². The zero-order valence-electron chi connectivity index (χ0n) is 11.1. The van der Waals surface area contributed by atoms with Crippen LogP contribution < -0.4 is 0 Å². The van der Waals surface area contributed by atoms with Gasteiger partial charge in [0.05, 0.1) is 6.61 Å². The van der Waals surface area contributed by atoms with Gasteiger partial charge in [-0.1, -0.05) is 6.42 Å². The molecule has 0 amide bonds. The van der Waals surface area contributed by atoms with Crippen molar-refractivity contribution in [3.8, 4) is 0 Å². The number of rotatable bonds is 3. The molecule has 4 heteroatoms. The van der Waals surface area contributed by atoms with Gasteiger partial charge in [-0.15, -0.1) is 0 Å². The molecule has 102 valence electrons. The second-order valence-corrected chi connectivity index (χ2v) is 5.21. The van der Waals surface area contributed by atoms with Crippen molar-refractivity contribution < 1.29 is 19.1 Å². The molecule has 1 atom stereocenters. The predicted octanol–water partition coefficient (Wildman–Crippen LogP) is 2.11. The number of carbonyl (C=O) groups excluding carboxylic acids is 2. The van der Waals surface area contributed by atoms with Gasteiger partial charge in [0, 0.05) is 19.6 Å². The number of ether oxygens (including phenoxy) is 2. The summed E-state index contributed by atoms with van der Waals surface area (Å²) in [5, 5.41) is 0. The Kier molecular flexibility index (Phi) is 4.38. The Morgan fingerprint density at radius 1 is 1.39 bits per heavy atom. The van der Waals surface area contributed by atoms with Crippen LogP contribution in [-0.4, -0.2) is 31.6 Å². The Bertz CT molecular complexity index is 320. The molecule has 1 aliphatic heterocycles. The molecule has 4 nitrogen and oxygen atoms in total. The van der Waals surface area contributed by atoms with Gasteiger partial charge in [-0.3, -0.25) is 9.59 Å². The van der Waals surface area contributed by atoms with Crippen LogP contribution in [0.4, 0.5) is 0 Å². The molecule has 0 radical (unpaired) electrons. The highest BCUT2D eigenvalue weighted by molar-refractivity contribution is 6.04. The van der Waals surface area contributed by atoms with Gasteiger partial charge in [0.15, 0.2) is 0 Å². The molecule has 2 fully saturated rings. The molecule has 2 rings (SSSR count). The zero-order valence-corrected chi connectivity index (χ0v) is 11.1. The predicted molar refractivity (Wildman–Crippen MR) is 66.1 cm³/mol. The number of esters is 1. The summed E-state index contributed by atoms with van der Waals surface area (Å²) >= 11 is 0. The van der Waals surface area contributed by atoms with Gasteiger partial charge in [-0.05, 0) is 38.5 Å². The highest BCUT2D eigenvalue weighted by Crippen LogP contribution is 2.45. The van der Waals surface area contributed by atoms with Crippen LogP contribution in [0.5, 0.6) is 0 Å². The van der Waals surface area contributed by atoms with E-state index >= 15 is 0 Å². The van der Waals surface area contributed by atoms with Crippen molar-refractivity contribution in [2.45, 2.75) is 45.4 Å². The number of ketones is 1. The van der Waals surface area contributed by atoms with Crippen LogP contribution in [0.25, 0.3) is 0 Å². The zero-order chi connectivity index (χ0) is 13.0. The SMILES string of the molecule is CCOC(=O)C1(C2CCOCC2)CCCCC1=O. The summed E-state index contributed by atoms with van der Waals surface area (Å²) in [4.78, 5) is 24.7. The average Bonchev–Trinajstić information content (AvgIpc) is 2.41. The van der Waals surface area contributed by atoms with Gasteiger partial charge in [-0.2, -0.15) is 0 Å². The fraction of sp³-hybridized carbons (Fsp3) is 0.857. The molecule has 1 unspecified atom stereocenters. The third kappa shape index (κ3) is 2.30. The summed E-state index contributed by atoms with van der Waals surface area (Å²) in [6, 6.07) is 0. The van der Waals surface area contributed by atoms with Crippen molar-refractivity contribution in [1.29, 1.82) is 0 Å². The number of Topliss-reactive ketones (excluding diaryl/α,β-unsaturated/α-hetero) is 1. The summed E-state index contributed by atoms with van der Waals surface area (Å²) in [6.07, 6.45) is 4.63.